The van der Waals surface area contributed by atoms with Gasteiger partial charge in [0.15, 0.2) is 0 Å². The van der Waals surface area contributed by atoms with Crippen LogP contribution in [0.4, 0.5) is 16.2 Å². The van der Waals surface area contributed by atoms with E-state index in [0.29, 0.717) is 11.4 Å². The Balaban J connectivity index is 0.00000161. The van der Waals surface area contributed by atoms with E-state index in [2.05, 4.69) is 6.58 Å². The normalized spacial score (nSPS) is 14.4. The van der Waals surface area contributed by atoms with Gasteiger partial charge in [0.2, 0.25) is 0 Å². The Morgan fingerprint density at radius 3 is 1.62 bits per heavy atom. The van der Waals surface area contributed by atoms with Gasteiger partial charge in [0.1, 0.15) is 5.70 Å². The van der Waals surface area contributed by atoms with Crippen molar-refractivity contribution in [1.82, 2.24) is 0 Å². The summed E-state index contributed by atoms with van der Waals surface area (Å²) in [4.78, 5) is 27.2. The minimum absolute atomic E-state index is 0. The monoisotopic (exact) mass is 288 g/mol. The van der Waals surface area contributed by atoms with Crippen molar-refractivity contribution in [1.29, 1.82) is 0 Å². The fraction of sp³-hybridized carbons (Fsp3) is 0. The van der Waals surface area contributed by atoms with Gasteiger partial charge < -0.3 is 0 Å². The first-order valence-corrected chi connectivity index (χ1v) is 6.17. The number of hydrogen-bond acceptors (Lipinski definition) is 2. The van der Waals surface area contributed by atoms with Crippen LogP contribution in [0, 0.1) is 0 Å². The van der Waals surface area contributed by atoms with Gasteiger partial charge in [-0.15, -0.1) is 0 Å². The third kappa shape index (κ3) is 2.65. The summed E-state index contributed by atoms with van der Waals surface area (Å²) in [6, 6.07) is 17.4. The molecule has 0 spiro atoms. The van der Waals surface area contributed by atoms with Crippen molar-refractivity contribution in [3.05, 3.63) is 72.9 Å². The van der Waals surface area contributed by atoms with Crippen LogP contribution in [-0.2, 0) is 4.79 Å². The summed E-state index contributed by atoms with van der Waals surface area (Å²) in [5.74, 6) is -0.398. The molecule has 0 radical (unpaired) electrons. The third-order valence-corrected chi connectivity index (χ3v) is 3.13. The van der Waals surface area contributed by atoms with E-state index in [1.54, 1.807) is 36.4 Å². The number of rotatable bonds is 2. The van der Waals surface area contributed by atoms with Gasteiger partial charge >= 0.3 is 35.6 Å². The molecule has 0 unspecified atom stereocenters. The number of benzene rings is 2. The van der Waals surface area contributed by atoms with Crippen molar-refractivity contribution < 1.29 is 9.59 Å². The van der Waals surface area contributed by atoms with Crippen LogP contribution in [0.2, 0.25) is 0 Å². The second-order valence-electron chi connectivity index (χ2n) is 4.38. The van der Waals surface area contributed by atoms with Crippen LogP contribution >= 0.6 is 0 Å². The van der Waals surface area contributed by atoms with Crippen molar-refractivity contribution in [2.45, 2.75) is 0 Å². The molecular weight excluding hydrogens is 275 g/mol. The molecule has 1 fully saturated rings. The molecule has 100 valence electrons. The molecule has 0 aliphatic carbocycles. The van der Waals surface area contributed by atoms with Crippen molar-refractivity contribution in [3.63, 3.8) is 0 Å². The predicted octanol–water partition coefficient (Wildman–Crippen LogP) is 2.53. The summed E-state index contributed by atoms with van der Waals surface area (Å²) in [6.45, 7) is 3.73. The number of hydrogen-bond donors (Lipinski definition) is 0. The van der Waals surface area contributed by atoms with Crippen LogP contribution in [-0.4, -0.2) is 41.5 Å². The zero-order chi connectivity index (χ0) is 14.1. The van der Waals surface area contributed by atoms with Crippen molar-refractivity contribution in [2.24, 2.45) is 0 Å². The second kappa shape index (κ2) is 6.26. The topological polar surface area (TPSA) is 40.6 Å². The SMILES string of the molecule is C=C1C(=O)N(c2ccccc2)C(=O)N1c1ccccc1.[NaH]. The maximum atomic E-state index is 12.5. The fourth-order valence-corrected chi connectivity index (χ4v) is 2.18. The predicted molar refractivity (Wildman–Crippen MR) is 84.5 cm³/mol. The summed E-state index contributed by atoms with van der Waals surface area (Å²) in [5.41, 5.74) is 1.33. The molecule has 0 aromatic heterocycles. The number of nitrogens with zero attached hydrogens (tertiary/aromatic N) is 2. The average molecular weight is 288 g/mol. The van der Waals surface area contributed by atoms with Gasteiger partial charge in [-0.1, -0.05) is 43.0 Å². The van der Waals surface area contributed by atoms with E-state index in [4.69, 9.17) is 0 Å². The number of imide groups is 1. The molecule has 1 aliphatic heterocycles. The fourth-order valence-electron chi connectivity index (χ4n) is 2.18. The molecule has 0 N–H and O–H groups in total. The van der Waals surface area contributed by atoms with Crippen LogP contribution in [0.15, 0.2) is 72.9 Å². The third-order valence-electron chi connectivity index (χ3n) is 3.13. The maximum absolute atomic E-state index is 12.5. The summed E-state index contributed by atoms with van der Waals surface area (Å²) in [7, 11) is 0. The molecule has 3 rings (SSSR count). The van der Waals surface area contributed by atoms with Gasteiger partial charge in [0.25, 0.3) is 5.91 Å². The average Bonchev–Trinajstić information content (AvgIpc) is 2.71. The Morgan fingerprint density at radius 1 is 0.714 bits per heavy atom. The van der Waals surface area contributed by atoms with Crippen LogP contribution in [0.5, 0.6) is 0 Å². The minimum atomic E-state index is -0.405. The summed E-state index contributed by atoms with van der Waals surface area (Å²) >= 11 is 0. The van der Waals surface area contributed by atoms with Gasteiger partial charge in [-0.25, -0.2) is 9.69 Å². The van der Waals surface area contributed by atoms with Crippen LogP contribution in [0.1, 0.15) is 0 Å². The molecule has 5 heteroatoms. The zero-order valence-electron chi connectivity index (χ0n) is 10.7. The molecule has 1 aliphatic rings. The second-order valence-corrected chi connectivity index (χ2v) is 4.38. The Bertz CT molecular complexity index is 626. The van der Waals surface area contributed by atoms with E-state index in [-0.39, 0.29) is 35.3 Å². The van der Waals surface area contributed by atoms with Crippen LogP contribution < -0.4 is 9.80 Å². The molecule has 1 saturated heterocycles. The molecule has 0 atom stereocenters. The Labute approximate surface area is 145 Å². The number of para-hydroxylation sites is 2. The first-order chi connectivity index (χ1) is 9.70. The van der Waals surface area contributed by atoms with Gasteiger partial charge in [-0.3, -0.25) is 9.69 Å². The number of amides is 3. The van der Waals surface area contributed by atoms with E-state index < -0.39 is 11.9 Å². The first kappa shape index (κ1) is 15.5. The Morgan fingerprint density at radius 2 is 1.14 bits per heavy atom. The van der Waals surface area contributed by atoms with Crippen LogP contribution in [0.25, 0.3) is 0 Å². The summed E-state index contributed by atoms with van der Waals surface area (Å²) in [5, 5.41) is 0. The zero-order valence-corrected chi connectivity index (χ0v) is 10.7. The Kier molecular flexibility index (Phi) is 4.63. The summed E-state index contributed by atoms with van der Waals surface area (Å²) < 4.78 is 0. The first-order valence-electron chi connectivity index (χ1n) is 6.17. The van der Waals surface area contributed by atoms with E-state index in [1.165, 1.54) is 4.90 Å². The molecule has 3 amide bonds. The molecular formula is C16H13N2NaO2. The van der Waals surface area contributed by atoms with Crippen molar-refractivity contribution in [3.8, 4) is 0 Å². The molecule has 0 saturated carbocycles. The molecule has 2 aromatic carbocycles. The van der Waals surface area contributed by atoms with Crippen molar-refractivity contribution >= 4 is 52.9 Å². The van der Waals surface area contributed by atoms with E-state index in [9.17, 15) is 9.59 Å². The van der Waals surface area contributed by atoms with Gasteiger partial charge in [0, 0.05) is 0 Å². The number of carbonyl (C=O) groups excluding carboxylic acids is 2. The molecule has 0 bridgehead atoms. The van der Waals surface area contributed by atoms with Gasteiger partial charge in [-0.05, 0) is 24.3 Å². The summed E-state index contributed by atoms with van der Waals surface area (Å²) in [6.07, 6.45) is 0. The quantitative estimate of drug-likeness (QED) is 0.484. The number of carbonyl (C=O) groups is 2. The van der Waals surface area contributed by atoms with E-state index in [0.717, 1.165) is 4.90 Å². The van der Waals surface area contributed by atoms with E-state index in [1.807, 2.05) is 24.3 Å². The molecule has 1 heterocycles. The standard InChI is InChI=1S/C16H12N2O2.Na.H/c1-12-15(19)18(14-10-6-3-7-11-14)16(20)17(12)13-8-4-2-5-9-13;;/h2-11H,1H2;;. The number of anilines is 2. The van der Waals surface area contributed by atoms with Crippen LogP contribution in [0.3, 0.4) is 0 Å². The molecule has 2 aromatic rings. The van der Waals surface area contributed by atoms with Gasteiger partial charge in [0.05, 0.1) is 11.4 Å². The van der Waals surface area contributed by atoms with Gasteiger partial charge in [-0.2, -0.15) is 0 Å². The Hall–Kier alpha value is -1.88. The molecule has 4 nitrogen and oxygen atoms in total. The van der Waals surface area contributed by atoms with Crippen molar-refractivity contribution in [2.75, 3.05) is 9.80 Å². The molecule has 21 heavy (non-hydrogen) atoms. The number of urea groups is 1. The van der Waals surface area contributed by atoms with E-state index >= 15 is 0 Å².